The summed E-state index contributed by atoms with van der Waals surface area (Å²) in [6, 6.07) is 11.4. The molecule has 1 N–H and O–H groups in total. The van der Waals surface area contributed by atoms with Gasteiger partial charge in [0.1, 0.15) is 11.9 Å². The summed E-state index contributed by atoms with van der Waals surface area (Å²) in [7, 11) is 0. The number of aliphatic hydroxyl groups excluding tert-OH is 1. The first-order valence-corrected chi connectivity index (χ1v) is 8.10. The summed E-state index contributed by atoms with van der Waals surface area (Å²) in [5.74, 6) is 0.719. The average Bonchev–Trinajstić information content (AvgIpc) is 2.42. The van der Waals surface area contributed by atoms with Gasteiger partial charge in [0.05, 0.1) is 11.1 Å². The summed E-state index contributed by atoms with van der Waals surface area (Å²) in [5, 5.41) is 10.9. The lowest BCUT2D eigenvalue weighted by molar-refractivity contribution is 0.0657. The Morgan fingerprint density at radius 3 is 2.70 bits per heavy atom. The minimum atomic E-state index is -0.538. The zero-order valence-corrected chi connectivity index (χ0v) is 14.2. The molecule has 104 valence electrons. The molecule has 20 heavy (non-hydrogen) atoms. The van der Waals surface area contributed by atoms with Crippen molar-refractivity contribution in [3.05, 3.63) is 61.5 Å². The fourth-order valence-electron chi connectivity index (χ4n) is 2.33. The van der Waals surface area contributed by atoms with Crippen LogP contribution >= 0.6 is 43.5 Å². The van der Waals surface area contributed by atoms with Gasteiger partial charge in [0.15, 0.2) is 0 Å². The maximum absolute atomic E-state index is 10.3. The van der Waals surface area contributed by atoms with Crippen LogP contribution in [0, 0.1) is 0 Å². The number of ether oxygens (including phenoxy) is 1. The molecule has 0 saturated carbocycles. The maximum Gasteiger partial charge on any atom is 0.127 e. The van der Waals surface area contributed by atoms with E-state index < -0.39 is 6.10 Å². The predicted octanol–water partition coefficient (Wildman–Crippen LogP) is 5.42. The second-order valence-corrected chi connectivity index (χ2v) is 6.89. The number of aliphatic hydroxyl groups is 1. The number of halogens is 3. The zero-order valence-electron chi connectivity index (χ0n) is 10.3. The molecule has 0 spiro atoms. The molecule has 5 heteroatoms. The number of fused-ring (bicyclic) bond motifs is 1. The molecule has 0 aliphatic carbocycles. The Bertz CT molecular complexity index is 660. The highest BCUT2D eigenvalue weighted by molar-refractivity contribution is 9.10. The average molecular weight is 419 g/mol. The minimum Gasteiger partial charge on any atom is -0.485 e. The molecule has 0 bridgehead atoms. The fourth-order valence-corrected chi connectivity index (χ4v) is 3.15. The second-order valence-electron chi connectivity index (χ2n) is 4.71. The van der Waals surface area contributed by atoms with E-state index in [9.17, 15) is 5.11 Å². The molecule has 1 aliphatic heterocycles. The van der Waals surface area contributed by atoms with Gasteiger partial charge < -0.3 is 9.84 Å². The molecule has 1 heterocycles. The molecule has 2 atom stereocenters. The SMILES string of the molecule is O[C@H]1CC(c2ccc(Br)c(Cl)c2)Oc2ccc(Br)cc21. The third kappa shape index (κ3) is 2.75. The van der Waals surface area contributed by atoms with Gasteiger partial charge in [-0.3, -0.25) is 0 Å². The van der Waals surface area contributed by atoms with E-state index in [-0.39, 0.29) is 6.10 Å². The molecule has 0 saturated heterocycles. The van der Waals surface area contributed by atoms with E-state index in [0.717, 1.165) is 25.8 Å². The van der Waals surface area contributed by atoms with Gasteiger partial charge in [-0.25, -0.2) is 0 Å². The number of benzene rings is 2. The minimum absolute atomic E-state index is 0.190. The van der Waals surface area contributed by atoms with Crippen LogP contribution in [0.4, 0.5) is 0 Å². The monoisotopic (exact) mass is 416 g/mol. The Morgan fingerprint density at radius 1 is 1.15 bits per heavy atom. The Morgan fingerprint density at radius 2 is 1.95 bits per heavy atom. The fraction of sp³-hybridized carbons (Fsp3) is 0.200. The molecule has 1 aliphatic rings. The van der Waals surface area contributed by atoms with Gasteiger partial charge in [-0.1, -0.05) is 33.6 Å². The Labute approximate surface area is 139 Å². The van der Waals surface area contributed by atoms with E-state index in [4.69, 9.17) is 16.3 Å². The Balaban J connectivity index is 1.94. The molecule has 3 rings (SSSR count). The Hall–Kier alpha value is -0.550. The third-order valence-corrected chi connectivity index (χ3v) is 5.08. The molecule has 0 aromatic heterocycles. The van der Waals surface area contributed by atoms with Crippen molar-refractivity contribution in [2.24, 2.45) is 0 Å². The van der Waals surface area contributed by atoms with Crippen LogP contribution < -0.4 is 4.74 Å². The van der Waals surface area contributed by atoms with Crippen LogP contribution in [-0.4, -0.2) is 5.11 Å². The Kier molecular flexibility index (Phi) is 4.09. The van der Waals surface area contributed by atoms with Crippen LogP contribution in [0.15, 0.2) is 45.3 Å². The molecular weight excluding hydrogens is 407 g/mol. The highest BCUT2D eigenvalue weighted by atomic mass is 79.9. The quantitative estimate of drug-likeness (QED) is 0.670. The summed E-state index contributed by atoms with van der Waals surface area (Å²) >= 11 is 12.9. The smallest absolute Gasteiger partial charge is 0.127 e. The largest absolute Gasteiger partial charge is 0.485 e. The van der Waals surface area contributed by atoms with Crippen LogP contribution in [0.3, 0.4) is 0 Å². The van der Waals surface area contributed by atoms with Crippen molar-refractivity contribution >= 4 is 43.5 Å². The molecule has 0 fully saturated rings. The van der Waals surface area contributed by atoms with Crippen LogP contribution in [0.2, 0.25) is 5.02 Å². The predicted molar refractivity (Wildman–Crippen MR) is 86.2 cm³/mol. The summed E-state index contributed by atoms with van der Waals surface area (Å²) in [4.78, 5) is 0. The molecule has 2 aromatic carbocycles. The number of rotatable bonds is 1. The second kappa shape index (κ2) is 5.68. The topological polar surface area (TPSA) is 29.5 Å². The van der Waals surface area contributed by atoms with Crippen LogP contribution in [-0.2, 0) is 0 Å². The lowest BCUT2D eigenvalue weighted by Crippen LogP contribution is -2.19. The van der Waals surface area contributed by atoms with Gasteiger partial charge in [0.25, 0.3) is 0 Å². The summed E-state index contributed by atoms with van der Waals surface area (Å²) in [6.45, 7) is 0. The highest BCUT2D eigenvalue weighted by Gasteiger charge is 2.28. The van der Waals surface area contributed by atoms with Crippen molar-refractivity contribution in [1.82, 2.24) is 0 Å². The van der Waals surface area contributed by atoms with Gasteiger partial charge in [-0.15, -0.1) is 0 Å². The molecule has 2 nitrogen and oxygen atoms in total. The molecule has 0 amide bonds. The lowest BCUT2D eigenvalue weighted by atomic mass is 9.95. The first kappa shape index (κ1) is 14.4. The summed E-state index contributed by atoms with van der Waals surface area (Å²) in [6.07, 6.45) is -0.213. The van der Waals surface area contributed by atoms with Gasteiger partial charge in [-0.2, -0.15) is 0 Å². The number of hydrogen-bond acceptors (Lipinski definition) is 2. The van der Waals surface area contributed by atoms with Crippen molar-refractivity contribution in [2.75, 3.05) is 0 Å². The van der Waals surface area contributed by atoms with Crippen molar-refractivity contribution < 1.29 is 9.84 Å². The normalized spacial score (nSPS) is 21.2. The van der Waals surface area contributed by atoms with Gasteiger partial charge in [-0.05, 0) is 51.8 Å². The standard InChI is InChI=1S/C15H11Br2ClO2/c16-9-2-4-14-10(6-9)13(19)7-15(20-14)8-1-3-11(17)12(18)5-8/h1-6,13,15,19H,7H2/t13-,15?/m0/s1. The van der Waals surface area contributed by atoms with Crippen LogP contribution in [0.1, 0.15) is 29.8 Å². The summed E-state index contributed by atoms with van der Waals surface area (Å²) in [5.41, 5.74) is 1.78. The van der Waals surface area contributed by atoms with Gasteiger partial charge in [0, 0.05) is 20.9 Å². The first-order chi connectivity index (χ1) is 9.54. The van der Waals surface area contributed by atoms with E-state index in [0.29, 0.717) is 11.4 Å². The van der Waals surface area contributed by atoms with E-state index in [1.165, 1.54) is 0 Å². The first-order valence-electron chi connectivity index (χ1n) is 6.13. The summed E-state index contributed by atoms with van der Waals surface area (Å²) < 4.78 is 7.77. The van der Waals surface area contributed by atoms with Gasteiger partial charge >= 0.3 is 0 Å². The van der Waals surface area contributed by atoms with Crippen molar-refractivity contribution in [3.8, 4) is 5.75 Å². The van der Waals surface area contributed by atoms with Crippen LogP contribution in [0.25, 0.3) is 0 Å². The molecule has 1 unspecified atom stereocenters. The zero-order chi connectivity index (χ0) is 14.3. The van der Waals surface area contributed by atoms with E-state index >= 15 is 0 Å². The van der Waals surface area contributed by atoms with Crippen molar-refractivity contribution in [3.63, 3.8) is 0 Å². The molecular formula is C15H11Br2ClO2. The lowest BCUT2D eigenvalue weighted by Gasteiger charge is -2.30. The van der Waals surface area contributed by atoms with E-state index in [1.54, 1.807) is 0 Å². The van der Waals surface area contributed by atoms with Crippen molar-refractivity contribution in [1.29, 1.82) is 0 Å². The highest BCUT2D eigenvalue weighted by Crippen LogP contribution is 2.42. The van der Waals surface area contributed by atoms with Crippen LogP contribution in [0.5, 0.6) is 5.75 Å². The molecule has 2 aromatic rings. The van der Waals surface area contributed by atoms with E-state index in [2.05, 4.69) is 31.9 Å². The molecule has 0 radical (unpaired) electrons. The van der Waals surface area contributed by atoms with Crippen molar-refractivity contribution in [2.45, 2.75) is 18.6 Å². The number of hydrogen-bond donors (Lipinski definition) is 1. The van der Waals surface area contributed by atoms with Gasteiger partial charge in [0.2, 0.25) is 0 Å². The maximum atomic E-state index is 10.3. The third-order valence-electron chi connectivity index (χ3n) is 3.35. The van der Waals surface area contributed by atoms with E-state index in [1.807, 2.05) is 36.4 Å².